The minimum absolute atomic E-state index is 0.118. The number of benzene rings is 1. The van der Waals surface area contributed by atoms with Gasteiger partial charge < -0.3 is 4.43 Å². The predicted octanol–water partition coefficient (Wildman–Crippen LogP) is 4.10. The molecule has 1 aromatic heterocycles. The van der Waals surface area contributed by atoms with Crippen LogP contribution in [-0.2, 0) is 4.43 Å². The van der Waals surface area contributed by atoms with Crippen LogP contribution in [-0.4, -0.2) is 23.1 Å². The van der Waals surface area contributed by atoms with E-state index in [1.54, 1.807) is 4.68 Å². The van der Waals surface area contributed by atoms with E-state index in [4.69, 9.17) is 4.43 Å². The van der Waals surface area contributed by atoms with Gasteiger partial charge in [0, 0.05) is 6.42 Å². The van der Waals surface area contributed by atoms with Crippen molar-refractivity contribution in [3.63, 3.8) is 0 Å². The number of fused-ring (bicyclic) bond motifs is 1. The van der Waals surface area contributed by atoms with E-state index in [0.29, 0.717) is 23.8 Å². The minimum atomic E-state index is -1.78. The third-order valence-corrected chi connectivity index (χ3v) is 4.39. The smallest absolute Gasteiger partial charge is 0.242 e. The summed E-state index contributed by atoms with van der Waals surface area (Å²) in [7, 11) is -1.78. The summed E-state index contributed by atoms with van der Waals surface area (Å²) in [4.78, 5) is 4.31. The van der Waals surface area contributed by atoms with E-state index >= 15 is 0 Å². The van der Waals surface area contributed by atoms with Gasteiger partial charge in [-0.2, -0.15) is 0 Å². The van der Waals surface area contributed by atoms with Gasteiger partial charge in [0.05, 0.1) is 6.04 Å². The number of nitrogens with zero attached hydrogens (tertiary/aromatic N) is 3. The summed E-state index contributed by atoms with van der Waals surface area (Å²) in [6, 6.07) is 9.70. The van der Waals surface area contributed by atoms with E-state index in [0.717, 1.165) is 5.56 Å². The highest BCUT2D eigenvalue weighted by Crippen LogP contribution is 2.39. The van der Waals surface area contributed by atoms with Crippen molar-refractivity contribution in [1.29, 1.82) is 0 Å². The fourth-order valence-corrected chi connectivity index (χ4v) is 3.50. The Morgan fingerprint density at radius 1 is 1.32 bits per heavy atom. The average Bonchev–Trinajstić information content (AvgIpc) is 2.99. The molecule has 3 rings (SSSR count). The van der Waals surface area contributed by atoms with Gasteiger partial charge in [0.2, 0.25) is 14.1 Å². The molecule has 0 amide bonds. The highest BCUT2D eigenvalue weighted by atomic mass is 28.4. The lowest BCUT2D eigenvalue weighted by molar-refractivity contribution is 0.328. The zero-order valence-corrected chi connectivity index (χ0v) is 14.1. The van der Waals surface area contributed by atoms with E-state index < -0.39 is 14.5 Å². The lowest BCUT2D eigenvalue weighted by Gasteiger charge is -2.19. The molecule has 1 aromatic carbocycles. The van der Waals surface area contributed by atoms with Gasteiger partial charge in [-0.15, -0.1) is 5.10 Å². The average molecular weight is 317 g/mol. The van der Waals surface area contributed by atoms with Crippen LogP contribution in [0.15, 0.2) is 36.9 Å². The third kappa shape index (κ3) is 2.83. The van der Waals surface area contributed by atoms with E-state index in [-0.39, 0.29) is 6.04 Å². The first-order valence-electron chi connectivity index (χ1n) is 7.39. The van der Waals surface area contributed by atoms with Crippen molar-refractivity contribution in [3.05, 3.63) is 54.1 Å². The monoisotopic (exact) mass is 317 g/mol. The SMILES string of the molecule is C=C(O[Si](C)(C)C)c1nc2n(n1)[C@H](c1ccccc1)C[C@@H]2F. The molecule has 6 heteroatoms. The maximum atomic E-state index is 14.3. The molecule has 0 saturated heterocycles. The normalized spacial score (nSPS) is 20.7. The summed E-state index contributed by atoms with van der Waals surface area (Å²) in [6.07, 6.45) is -0.729. The molecule has 116 valence electrons. The summed E-state index contributed by atoms with van der Waals surface area (Å²) in [6.45, 7) is 10.1. The van der Waals surface area contributed by atoms with Gasteiger partial charge in [-0.1, -0.05) is 36.9 Å². The molecule has 0 spiro atoms. The van der Waals surface area contributed by atoms with Crippen LogP contribution in [0.2, 0.25) is 19.6 Å². The van der Waals surface area contributed by atoms with Crippen molar-refractivity contribution in [2.45, 2.75) is 38.3 Å². The fourth-order valence-electron chi connectivity index (χ4n) is 2.67. The maximum absolute atomic E-state index is 14.3. The number of hydrogen-bond donors (Lipinski definition) is 0. The number of alkyl halides is 1. The molecule has 1 aliphatic rings. The van der Waals surface area contributed by atoms with E-state index in [1.807, 2.05) is 30.3 Å². The van der Waals surface area contributed by atoms with Crippen LogP contribution in [0.1, 0.15) is 35.8 Å². The standard InChI is InChI=1S/C16H20FN3OSi/c1-11(21-22(2,3)4)15-18-16-13(17)10-14(20(16)19-15)12-8-6-5-7-9-12/h5-9,13-14H,1,10H2,2-4H3/t13-,14-/m0/s1. The van der Waals surface area contributed by atoms with Crippen LogP contribution in [0.5, 0.6) is 0 Å². The van der Waals surface area contributed by atoms with Crippen molar-refractivity contribution in [2.75, 3.05) is 0 Å². The molecule has 22 heavy (non-hydrogen) atoms. The Morgan fingerprint density at radius 2 is 2.00 bits per heavy atom. The number of halogens is 1. The van der Waals surface area contributed by atoms with Crippen LogP contribution in [0.4, 0.5) is 4.39 Å². The number of hydrogen-bond acceptors (Lipinski definition) is 3. The zero-order valence-electron chi connectivity index (χ0n) is 13.1. The molecular weight excluding hydrogens is 297 g/mol. The quantitative estimate of drug-likeness (QED) is 0.629. The third-order valence-electron chi connectivity index (χ3n) is 3.53. The number of aromatic nitrogens is 3. The molecule has 0 bridgehead atoms. The Balaban J connectivity index is 1.92. The molecule has 0 saturated carbocycles. The zero-order chi connectivity index (χ0) is 15.9. The summed E-state index contributed by atoms with van der Waals surface area (Å²) in [5, 5.41) is 4.45. The Morgan fingerprint density at radius 3 is 2.64 bits per heavy atom. The highest BCUT2D eigenvalue weighted by molar-refractivity contribution is 6.70. The second-order valence-electron chi connectivity index (χ2n) is 6.51. The molecule has 0 unspecified atom stereocenters. The van der Waals surface area contributed by atoms with Gasteiger partial charge in [0.1, 0.15) is 5.76 Å². The van der Waals surface area contributed by atoms with Gasteiger partial charge in [-0.05, 0) is 25.2 Å². The molecular formula is C16H20FN3OSi. The van der Waals surface area contributed by atoms with Crippen molar-refractivity contribution < 1.29 is 8.82 Å². The van der Waals surface area contributed by atoms with Gasteiger partial charge in [-0.3, -0.25) is 0 Å². The van der Waals surface area contributed by atoms with Crippen LogP contribution < -0.4 is 0 Å². The molecule has 0 radical (unpaired) electrons. The minimum Gasteiger partial charge on any atom is -0.542 e. The summed E-state index contributed by atoms with van der Waals surface area (Å²) in [5.41, 5.74) is 1.04. The van der Waals surface area contributed by atoms with Crippen LogP contribution >= 0.6 is 0 Å². The molecule has 4 nitrogen and oxygen atoms in total. The molecule has 1 aliphatic heterocycles. The Kier molecular flexibility index (Phi) is 3.64. The van der Waals surface area contributed by atoms with Gasteiger partial charge in [0.25, 0.3) is 0 Å². The Labute approximate surface area is 130 Å². The van der Waals surface area contributed by atoms with E-state index in [9.17, 15) is 4.39 Å². The van der Waals surface area contributed by atoms with Crippen molar-refractivity contribution in [2.24, 2.45) is 0 Å². The first kappa shape index (κ1) is 15.0. The maximum Gasteiger partial charge on any atom is 0.242 e. The lowest BCUT2D eigenvalue weighted by Crippen LogP contribution is -2.24. The van der Waals surface area contributed by atoms with Gasteiger partial charge >= 0.3 is 0 Å². The Hall–Kier alpha value is -1.95. The molecule has 2 heterocycles. The van der Waals surface area contributed by atoms with Crippen LogP contribution in [0.25, 0.3) is 5.76 Å². The van der Waals surface area contributed by atoms with Crippen molar-refractivity contribution in [1.82, 2.24) is 14.8 Å². The van der Waals surface area contributed by atoms with Gasteiger partial charge in [-0.25, -0.2) is 14.1 Å². The molecule has 2 atom stereocenters. The van der Waals surface area contributed by atoms with Crippen LogP contribution in [0.3, 0.4) is 0 Å². The van der Waals surface area contributed by atoms with Gasteiger partial charge in [0.15, 0.2) is 12.0 Å². The van der Waals surface area contributed by atoms with Crippen molar-refractivity contribution >= 4 is 14.1 Å². The first-order chi connectivity index (χ1) is 10.3. The summed E-state index contributed by atoms with van der Waals surface area (Å²) in [5.74, 6) is 1.19. The predicted molar refractivity (Wildman–Crippen MR) is 86.5 cm³/mol. The Bertz CT molecular complexity index is 693. The topological polar surface area (TPSA) is 39.9 Å². The molecule has 2 aromatic rings. The molecule has 0 N–H and O–H groups in total. The van der Waals surface area contributed by atoms with E-state index in [2.05, 4.69) is 36.3 Å². The summed E-state index contributed by atoms with van der Waals surface area (Å²) >= 11 is 0. The van der Waals surface area contributed by atoms with E-state index in [1.165, 1.54) is 0 Å². The second-order valence-corrected chi connectivity index (χ2v) is 10.9. The summed E-state index contributed by atoms with van der Waals surface area (Å²) < 4.78 is 21.8. The molecule has 0 aliphatic carbocycles. The fraction of sp³-hybridized carbons (Fsp3) is 0.375. The number of rotatable bonds is 4. The van der Waals surface area contributed by atoms with Crippen LogP contribution in [0, 0.1) is 0 Å². The largest absolute Gasteiger partial charge is 0.542 e. The first-order valence-corrected chi connectivity index (χ1v) is 10.8. The van der Waals surface area contributed by atoms with Crippen molar-refractivity contribution in [3.8, 4) is 0 Å². The highest BCUT2D eigenvalue weighted by Gasteiger charge is 2.36. The lowest BCUT2D eigenvalue weighted by atomic mass is 10.0. The molecule has 0 fully saturated rings. The second kappa shape index (κ2) is 5.35.